The van der Waals surface area contributed by atoms with E-state index in [1.54, 1.807) is 0 Å². The summed E-state index contributed by atoms with van der Waals surface area (Å²) in [6.45, 7) is 0.0368. The number of anilines is 2. The Balaban J connectivity index is 0.966. The minimum absolute atomic E-state index is 0.0327. The highest BCUT2D eigenvalue weighted by molar-refractivity contribution is 6.02. The van der Waals surface area contributed by atoms with Gasteiger partial charge in [-0.05, 0) is 85.1 Å². The van der Waals surface area contributed by atoms with Crippen molar-refractivity contribution in [2.45, 2.75) is 50.9 Å². The molecule has 4 aromatic carbocycles. The quantitative estimate of drug-likeness (QED) is 0.0309. The Morgan fingerprint density at radius 1 is 0.562 bits per heavy atom. The average Bonchev–Trinajstić information content (AvgIpc) is 0.870. The first-order valence-corrected chi connectivity index (χ1v) is 25.6. The highest BCUT2D eigenvalue weighted by Crippen LogP contribution is 2.52. The van der Waals surface area contributed by atoms with Crippen molar-refractivity contribution < 1.29 is 84.2 Å². The number of H-pyrrole nitrogens is 2. The molecule has 0 spiro atoms. The summed E-state index contributed by atoms with van der Waals surface area (Å²) in [7, 11) is 0. The Bertz CT molecular complexity index is 4610. The van der Waals surface area contributed by atoms with Crippen LogP contribution in [0.25, 0.3) is 44.5 Å². The van der Waals surface area contributed by atoms with E-state index < -0.39 is 157 Å². The summed E-state index contributed by atoms with van der Waals surface area (Å²) < 4.78 is 5.79. The average molecular weight is 1220 g/mol. The van der Waals surface area contributed by atoms with Crippen molar-refractivity contribution in [1.82, 2.24) is 45.5 Å². The van der Waals surface area contributed by atoms with Crippen LogP contribution >= 0.6 is 0 Å². The fraction of sp³-hybridized carbons (Fsp3) is 0.148. The number of aromatic amines is 2. The van der Waals surface area contributed by atoms with Gasteiger partial charge in [0.15, 0.2) is 68.3 Å². The number of nitrogens with one attached hydrogen (secondary N) is 6. The summed E-state index contributed by atoms with van der Waals surface area (Å²) in [6, 6.07) is 11.7. The summed E-state index contributed by atoms with van der Waals surface area (Å²) in [5.74, 6) is -15.2. The Morgan fingerprint density at radius 3 is 1.63 bits per heavy atom. The molecule has 0 saturated heterocycles. The summed E-state index contributed by atoms with van der Waals surface area (Å²) in [5, 5.41) is 127. The monoisotopic (exact) mass is 1220 g/mol. The third kappa shape index (κ3) is 13.7. The second kappa shape index (κ2) is 25.5. The fourth-order valence-electron chi connectivity index (χ4n) is 8.35. The van der Waals surface area contributed by atoms with E-state index in [-0.39, 0.29) is 64.9 Å². The third-order valence-electron chi connectivity index (χ3n) is 12.9. The Kier molecular flexibility index (Phi) is 17.3. The summed E-state index contributed by atoms with van der Waals surface area (Å²) in [6.07, 6.45) is 0.960. The molecule has 454 valence electrons. The molecule has 0 bridgehead atoms. The molecule has 5 aromatic heterocycles. The molecule has 2 unspecified atom stereocenters. The number of aromatic hydroxyl groups is 6. The topological polar surface area (TPSA) is 563 Å². The van der Waals surface area contributed by atoms with E-state index in [0.29, 0.717) is 16.9 Å². The van der Waals surface area contributed by atoms with Crippen LogP contribution in [0.15, 0.2) is 118 Å². The van der Waals surface area contributed by atoms with Crippen molar-refractivity contribution >= 4 is 104 Å². The number of hydrogen-bond acceptors (Lipinski definition) is 27. The van der Waals surface area contributed by atoms with Gasteiger partial charge in [0, 0.05) is 53.6 Å². The second-order valence-corrected chi connectivity index (χ2v) is 19.0. The van der Waals surface area contributed by atoms with E-state index in [9.17, 15) is 84.0 Å². The number of carboxylic acids is 4. The standard InChI is InChI=1S/C54H43N15O20/c70-30-14-23(15-31(71)38(30)76)43-42(80)40(78)34-39(77)35(66-68-54-63-46-37(50(84)65-54)59-26(19-58-46)18-56-25-7-3-22(4-8-25)48(82)61-29(52(87)88)10-12-33(74)75)41(79)36(44(34)89-43)67-69-53-62-45-27(49(83)64-53)13-20(17-57-45)16-55-24-5-1-21(2-6-24)47(81)60-28(51(85)86)9-11-32(72)73/h1-8,13-15,17,19,28-29,55-56,70-71,76-77,79-80H,9-12,16,18H2,(H,60,81)(H,61,82)(H,72,73)(H,74,75)(H,85,86)(H,87,88)(H,57,62,64,83)(H,58,63,65,84). The zero-order valence-corrected chi connectivity index (χ0v) is 45.0. The molecule has 89 heavy (non-hydrogen) atoms. The molecule has 0 aliphatic carbocycles. The lowest BCUT2D eigenvalue weighted by Gasteiger charge is -2.14. The van der Waals surface area contributed by atoms with Gasteiger partial charge in [0.25, 0.3) is 34.8 Å². The van der Waals surface area contributed by atoms with Gasteiger partial charge in [0.1, 0.15) is 17.5 Å². The number of phenols is 5. The molecule has 0 radical (unpaired) electrons. The van der Waals surface area contributed by atoms with Crippen molar-refractivity contribution in [3.8, 4) is 45.8 Å². The van der Waals surface area contributed by atoms with E-state index in [4.69, 9.17) is 14.6 Å². The number of carbonyl (C=O) groups excluding carboxylic acids is 2. The minimum Gasteiger partial charge on any atom is -0.505 e. The Hall–Kier alpha value is -13.0. The van der Waals surface area contributed by atoms with Crippen LogP contribution in [0, 0.1) is 0 Å². The normalized spacial score (nSPS) is 12.1. The van der Waals surface area contributed by atoms with E-state index in [0.717, 1.165) is 12.1 Å². The minimum atomic E-state index is -1.44. The summed E-state index contributed by atoms with van der Waals surface area (Å²) in [5.41, 5.74) is -5.28. The van der Waals surface area contributed by atoms with Crippen molar-refractivity contribution in [3.05, 3.63) is 132 Å². The van der Waals surface area contributed by atoms with Crippen LogP contribution in [0.2, 0.25) is 0 Å². The number of carboxylic acid groups (broad SMARTS) is 4. The number of azo groups is 2. The lowest BCUT2D eigenvalue weighted by Crippen LogP contribution is -2.41. The number of fused-ring (bicyclic) bond motifs is 3. The van der Waals surface area contributed by atoms with Crippen LogP contribution in [-0.2, 0) is 32.3 Å². The largest absolute Gasteiger partial charge is 0.505 e. The SMILES string of the molecule is O=C(O)CCC(NC(=O)c1ccc(NCc2cnc3nc(N=Nc4c(O)c(N=Nc5nc6ncc(CNc7ccc(C(=O)NC(CCC(=O)O)C(=O)O)cc7)nc6c(=O)[nH]5)c(O)c5c(=O)c(O)c(-c6cc(O)c(O)c(O)c6)oc45)[nH]c(=O)c3c2)cc1)C(=O)O. The van der Waals surface area contributed by atoms with Crippen LogP contribution < -0.4 is 37.8 Å². The van der Waals surface area contributed by atoms with Gasteiger partial charge in [-0.25, -0.2) is 24.5 Å². The Labute approximate surface area is 492 Å². The molecule has 35 nitrogen and oxygen atoms in total. The molecule has 0 fully saturated rings. The lowest BCUT2D eigenvalue weighted by molar-refractivity contribution is -0.142. The zero-order valence-electron chi connectivity index (χ0n) is 45.0. The maximum atomic E-state index is 14.0. The van der Waals surface area contributed by atoms with Gasteiger partial charge in [-0.3, -0.25) is 43.5 Å². The molecule has 35 heteroatoms. The Morgan fingerprint density at radius 2 is 1.08 bits per heavy atom. The van der Waals surface area contributed by atoms with Crippen LogP contribution in [0.3, 0.4) is 0 Å². The molecule has 9 aromatic rings. The fourth-order valence-corrected chi connectivity index (χ4v) is 8.35. The van der Waals surface area contributed by atoms with Crippen LogP contribution in [-0.4, -0.2) is 134 Å². The van der Waals surface area contributed by atoms with Crippen LogP contribution in [0.1, 0.15) is 57.7 Å². The summed E-state index contributed by atoms with van der Waals surface area (Å²) >= 11 is 0. The van der Waals surface area contributed by atoms with Gasteiger partial charge in [-0.15, -0.1) is 20.5 Å². The molecule has 0 aliphatic rings. The van der Waals surface area contributed by atoms with E-state index in [2.05, 4.69) is 76.6 Å². The molecular formula is C54H43N15O20. The number of nitrogens with zero attached hydrogens (tertiary/aromatic N) is 9. The molecular weight excluding hydrogens is 1180 g/mol. The molecule has 2 amide bonds. The number of rotatable bonds is 23. The zero-order chi connectivity index (χ0) is 64.0. The van der Waals surface area contributed by atoms with E-state index in [1.165, 1.54) is 67.0 Å². The third-order valence-corrected chi connectivity index (χ3v) is 12.9. The van der Waals surface area contributed by atoms with Gasteiger partial charge >= 0.3 is 23.9 Å². The van der Waals surface area contributed by atoms with Gasteiger partial charge < -0.3 is 76.7 Å². The molecule has 16 N–H and O–H groups in total. The highest BCUT2D eigenvalue weighted by atomic mass is 16.4. The van der Waals surface area contributed by atoms with Crippen molar-refractivity contribution in [2.75, 3.05) is 10.6 Å². The predicted molar refractivity (Wildman–Crippen MR) is 303 cm³/mol. The second-order valence-electron chi connectivity index (χ2n) is 19.0. The number of hydrogen-bond donors (Lipinski definition) is 16. The van der Waals surface area contributed by atoms with Gasteiger partial charge in [0.05, 0.1) is 23.8 Å². The van der Waals surface area contributed by atoms with Crippen LogP contribution in [0.5, 0.6) is 34.5 Å². The smallest absolute Gasteiger partial charge is 0.326 e. The molecule has 0 saturated carbocycles. The molecule has 9 rings (SSSR count). The van der Waals surface area contributed by atoms with E-state index >= 15 is 0 Å². The maximum absolute atomic E-state index is 14.0. The number of benzene rings is 4. The number of phenolic OH excluding ortho intramolecular Hbond substituents is 5. The first-order chi connectivity index (χ1) is 42.4. The van der Waals surface area contributed by atoms with E-state index in [1.807, 2.05) is 0 Å². The highest BCUT2D eigenvalue weighted by Gasteiger charge is 2.29. The van der Waals surface area contributed by atoms with Gasteiger partial charge in [-0.2, -0.15) is 9.97 Å². The van der Waals surface area contributed by atoms with Crippen LogP contribution in [0.4, 0.5) is 34.6 Å². The van der Waals surface area contributed by atoms with Crippen molar-refractivity contribution in [3.63, 3.8) is 0 Å². The number of aliphatic carboxylic acids is 4. The van der Waals surface area contributed by atoms with Gasteiger partial charge in [-0.1, -0.05) is 0 Å². The van der Waals surface area contributed by atoms with Crippen molar-refractivity contribution in [1.29, 1.82) is 0 Å². The molecule has 5 heterocycles. The number of aromatic nitrogens is 7. The maximum Gasteiger partial charge on any atom is 0.326 e. The molecule has 0 aliphatic heterocycles. The van der Waals surface area contributed by atoms with Gasteiger partial charge in [0.2, 0.25) is 11.2 Å². The molecule has 2 atom stereocenters. The first-order valence-electron chi connectivity index (χ1n) is 25.6. The summed E-state index contributed by atoms with van der Waals surface area (Å²) in [4.78, 5) is 137. The number of carbonyl (C=O) groups is 6. The first kappa shape index (κ1) is 60.6. The number of amides is 2. The number of pyridine rings is 1. The lowest BCUT2D eigenvalue weighted by atomic mass is 10.1. The van der Waals surface area contributed by atoms with Crippen molar-refractivity contribution in [2.24, 2.45) is 20.5 Å². The predicted octanol–water partition coefficient (Wildman–Crippen LogP) is 4.50.